The molecule has 0 unspecified atom stereocenters. The number of ether oxygens (including phenoxy) is 4. The number of carbonyl (C=O) groups excluding carboxylic acids is 1. The molecule has 13 nitrogen and oxygen atoms in total. The lowest BCUT2D eigenvalue weighted by Crippen LogP contribution is -2.38. The third kappa shape index (κ3) is 9.84. The molecular formula is C45H42F4N4O9. The van der Waals surface area contributed by atoms with Crippen LogP contribution < -0.4 is 24.3 Å². The molecule has 17 heteroatoms. The molecule has 6 heterocycles. The molecule has 10 rings (SSSR count). The molecule has 62 heavy (non-hydrogen) atoms. The number of halogens is 4. The smallest absolute Gasteiger partial charge is 0.358 e. The Morgan fingerprint density at radius 3 is 1.53 bits per heavy atom. The molecule has 0 saturated carbocycles. The Balaban J connectivity index is 0.000000153. The Hall–Kier alpha value is -6.88. The molecule has 324 valence electrons. The van der Waals surface area contributed by atoms with E-state index in [-0.39, 0.29) is 44.2 Å². The van der Waals surface area contributed by atoms with E-state index in [2.05, 4.69) is 15.6 Å². The predicted molar refractivity (Wildman–Crippen MR) is 215 cm³/mol. The van der Waals surface area contributed by atoms with Crippen LogP contribution in [0.3, 0.4) is 0 Å². The highest BCUT2D eigenvalue weighted by Gasteiger charge is 2.28. The summed E-state index contributed by atoms with van der Waals surface area (Å²) in [6, 6.07) is 21.8. The summed E-state index contributed by atoms with van der Waals surface area (Å²) in [6.45, 7) is 3.31. The van der Waals surface area contributed by atoms with Crippen LogP contribution in [0.15, 0.2) is 94.0 Å². The van der Waals surface area contributed by atoms with Gasteiger partial charge in [0.15, 0.2) is 69.2 Å². The van der Waals surface area contributed by atoms with E-state index in [9.17, 15) is 27.2 Å². The Bertz CT molecular complexity index is 2530. The van der Waals surface area contributed by atoms with Crippen molar-refractivity contribution in [2.45, 2.75) is 44.9 Å². The molecule has 4 aromatic carbocycles. The normalized spacial score (nSPS) is 15.5. The van der Waals surface area contributed by atoms with Gasteiger partial charge in [0.1, 0.15) is 0 Å². The molecule has 1 amide bonds. The maximum absolute atomic E-state index is 13.5. The number of aromatic nitrogens is 2. The van der Waals surface area contributed by atoms with Crippen molar-refractivity contribution in [1.82, 2.24) is 20.5 Å². The quantitative estimate of drug-likeness (QED) is 0.153. The summed E-state index contributed by atoms with van der Waals surface area (Å²) in [6.07, 6.45) is 3.35. The number of carboxylic acid groups (broad SMARTS) is 1. The van der Waals surface area contributed by atoms with Gasteiger partial charge in [-0.25, -0.2) is 22.4 Å². The number of carboxylic acids is 1. The molecule has 2 fully saturated rings. The van der Waals surface area contributed by atoms with Gasteiger partial charge in [0.05, 0.1) is 0 Å². The van der Waals surface area contributed by atoms with Gasteiger partial charge in [-0.15, -0.1) is 0 Å². The Morgan fingerprint density at radius 2 is 1.05 bits per heavy atom. The molecule has 4 aliphatic heterocycles. The zero-order valence-electron chi connectivity index (χ0n) is 32.4. The van der Waals surface area contributed by atoms with Crippen molar-refractivity contribution >= 4 is 11.9 Å². The number of hydrogen-bond acceptors (Lipinski definition) is 11. The van der Waals surface area contributed by atoms with E-state index in [4.69, 9.17) is 33.1 Å². The molecular weight excluding hydrogens is 817 g/mol. The second kappa shape index (κ2) is 19.2. The number of likely N-dealkylation sites (tertiary alicyclic amines) is 1. The first-order valence-corrected chi connectivity index (χ1v) is 19.5. The fourth-order valence-electron chi connectivity index (χ4n) is 7.39. The second-order valence-electron chi connectivity index (χ2n) is 14.5. The summed E-state index contributed by atoms with van der Waals surface area (Å²) >= 11 is 0. The van der Waals surface area contributed by atoms with Crippen molar-refractivity contribution < 1.29 is 60.3 Å². The van der Waals surface area contributed by atoms with Crippen LogP contribution in [-0.4, -0.2) is 72.0 Å². The molecule has 0 aliphatic carbocycles. The Morgan fingerprint density at radius 1 is 0.581 bits per heavy atom. The average Bonchev–Trinajstić information content (AvgIpc) is 4.13. The second-order valence-corrected chi connectivity index (χ2v) is 14.5. The highest BCUT2D eigenvalue weighted by Crippen LogP contribution is 2.38. The first-order chi connectivity index (χ1) is 29.6. The predicted octanol–water partition coefficient (Wildman–Crippen LogP) is 9.20. The largest absolute Gasteiger partial charge is 0.476 e. The van der Waals surface area contributed by atoms with Crippen LogP contribution in [0.4, 0.5) is 17.6 Å². The van der Waals surface area contributed by atoms with E-state index in [1.807, 2.05) is 6.07 Å². The van der Waals surface area contributed by atoms with Crippen molar-refractivity contribution in [3.63, 3.8) is 0 Å². The number of nitrogens with zero attached hydrogens (tertiary/aromatic N) is 3. The summed E-state index contributed by atoms with van der Waals surface area (Å²) in [4.78, 5) is 25.2. The maximum Gasteiger partial charge on any atom is 0.358 e. The Labute approximate surface area is 353 Å². The maximum atomic E-state index is 13.5. The molecule has 2 saturated heterocycles. The zero-order chi connectivity index (χ0) is 42.5. The molecule has 2 aromatic heterocycles. The van der Waals surface area contributed by atoms with E-state index < -0.39 is 29.2 Å². The Kier molecular flexibility index (Phi) is 13.4. The number of carbonyl (C=O) groups is 2. The number of aromatic carboxylic acids is 1. The third-order valence-electron chi connectivity index (χ3n) is 10.7. The number of piperidine rings is 2. The molecule has 0 radical (unpaired) electrons. The van der Waals surface area contributed by atoms with Crippen LogP contribution in [0.1, 0.15) is 77.0 Å². The standard InChI is InChI=1S/C22H18F2N2O4.C11H13F2N.C11H7NO5.CH4/c23-16-3-1-14(9-17(16)24)13-5-7-26(8-6-13)22(27)18-11-20(30-25-18)15-2-4-19-21(10-15)29-12-28-19;12-10-2-1-9(7-11(10)13)8-3-5-14-6-4-8;13-11(14)7-4-9(17-12-7)6-1-2-8-10(3-6)16-5-15-8;/h1-4,9-11,13H,5-8,12H2;1-2,7-8,14H,3-6H2;1-4H,5H2,(H,13,14);1H4. The molecule has 6 aromatic rings. The number of benzene rings is 4. The minimum atomic E-state index is -1.12. The van der Waals surface area contributed by atoms with Crippen LogP contribution in [0, 0.1) is 23.3 Å². The summed E-state index contributed by atoms with van der Waals surface area (Å²) in [7, 11) is 0. The summed E-state index contributed by atoms with van der Waals surface area (Å²) < 4.78 is 83.6. The summed E-state index contributed by atoms with van der Waals surface area (Å²) in [5.74, 6) is -0.665. The monoisotopic (exact) mass is 858 g/mol. The lowest BCUT2D eigenvalue weighted by Gasteiger charge is -2.31. The highest BCUT2D eigenvalue weighted by atomic mass is 19.2. The van der Waals surface area contributed by atoms with E-state index in [0.29, 0.717) is 71.9 Å². The van der Waals surface area contributed by atoms with Crippen LogP contribution in [0.2, 0.25) is 0 Å². The van der Waals surface area contributed by atoms with Gasteiger partial charge in [0.25, 0.3) is 5.91 Å². The van der Waals surface area contributed by atoms with Gasteiger partial charge in [0, 0.05) is 36.3 Å². The first-order valence-electron chi connectivity index (χ1n) is 19.5. The first kappa shape index (κ1) is 43.2. The number of rotatable bonds is 6. The van der Waals surface area contributed by atoms with Gasteiger partial charge < -0.3 is 43.3 Å². The van der Waals surface area contributed by atoms with Gasteiger partial charge in [-0.2, -0.15) is 0 Å². The van der Waals surface area contributed by atoms with Crippen molar-refractivity contribution in [1.29, 1.82) is 0 Å². The van der Waals surface area contributed by atoms with Crippen molar-refractivity contribution in [3.8, 4) is 45.6 Å². The fourth-order valence-corrected chi connectivity index (χ4v) is 7.39. The lowest BCUT2D eigenvalue weighted by molar-refractivity contribution is 0.0681. The number of amides is 1. The molecule has 4 aliphatic rings. The molecule has 0 bridgehead atoms. The summed E-state index contributed by atoms with van der Waals surface area (Å²) in [5.41, 5.74) is 3.21. The van der Waals surface area contributed by atoms with Crippen LogP contribution in [-0.2, 0) is 0 Å². The zero-order valence-corrected chi connectivity index (χ0v) is 32.4. The van der Waals surface area contributed by atoms with Crippen LogP contribution in [0.5, 0.6) is 23.0 Å². The minimum Gasteiger partial charge on any atom is -0.476 e. The minimum absolute atomic E-state index is 0. The van der Waals surface area contributed by atoms with E-state index in [0.717, 1.165) is 48.7 Å². The third-order valence-corrected chi connectivity index (χ3v) is 10.7. The molecule has 2 N–H and O–H groups in total. The van der Waals surface area contributed by atoms with Gasteiger partial charge in [-0.05, 0) is 122 Å². The van der Waals surface area contributed by atoms with Crippen molar-refractivity contribution in [3.05, 3.63) is 131 Å². The molecule has 0 spiro atoms. The van der Waals surface area contributed by atoms with Gasteiger partial charge in [-0.1, -0.05) is 29.9 Å². The molecule has 0 atom stereocenters. The number of fused-ring (bicyclic) bond motifs is 2. The topological polar surface area (TPSA) is 159 Å². The van der Waals surface area contributed by atoms with Gasteiger partial charge in [-0.3, -0.25) is 4.79 Å². The van der Waals surface area contributed by atoms with Gasteiger partial charge in [0.2, 0.25) is 13.6 Å². The van der Waals surface area contributed by atoms with Crippen LogP contribution >= 0.6 is 0 Å². The lowest BCUT2D eigenvalue weighted by atomic mass is 9.89. The number of nitrogens with one attached hydrogen (secondary N) is 1. The SMILES string of the molecule is C.Fc1ccc(C2CCNCC2)cc1F.O=C(O)c1cc(-c2ccc3c(c2)OCO3)on1.O=C(c1cc(-c2ccc3c(c2)OCO3)on1)N1CCC(c2ccc(F)c(F)c2)CC1. The van der Waals surface area contributed by atoms with Gasteiger partial charge >= 0.3 is 5.97 Å². The van der Waals surface area contributed by atoms with E-state index in [1.54, 1.807) is 53.4 Å². The van der Waals surface area contributed by atoms with E-state index >= 15 is 0 Å². The summed E-state index contributed by atoms with van der Waals surface area (Å²) in [5, 5.41) is 19.3. The fraction of sp³-hybridized carbons (Fsp3) is 0.289. The van der Waals surface area contributed by atoms with Crippen LogP contribution in [0.25, 0.3) is 22.6 Å². The number of hydrogen-bond donors (Lipinski definition) is 2. The highest BCUT2D eigenvalue weighted by molar-refractivity contribution is 5.93. The van der Waals surface area contributed by atoms with Crippen molar-refractivity contribution in [2.24, 2.45) is 0 Å². The van der Waals surface area contributed by atoms with E-state index in [1.165, 1.54) is 24.3 Å². The van der Waals surface area contributed by atoms with Crippen molar-refractivity contribution in [2.75, 3.05) is 39.8 Å². The average molecular weight is 859 g/mol.